The Labute approximate surface area is 149 Å². The van der Waals surface area contributed by atoms with E-state index in [-0.39, 0.29) is 11.6 Å². The van der Waals surface area contributed by atoms with Crippen LogP contribution in [0.1, 0.15) is 47.6 Å². The summed E-state index contributed by atoms with van der Waals surface area (Å²) >= 11 is 6.18. The van der Waals surface area contributed by atoms with Crippen LogP contribution in [0, 0.1) is 6.92 Å². The van der Waals surface area contributed by atoms with Gasteiger partial charge < -0.3 is 5.11 Å². The molecule has 0 saturated carbocycles. The summed E-state index contributed by atoms with van der Waals surface area (Å²) in [4.78, 5) is 27.8. The van der Waals surface area contributed by atoms with E-state index in [1.165, 1.54) is 4.57 Å². The Morgan fingerprint density at radius 1 is 1.48 bits per heavy atom. The zero-order valence-corrected chi connectivity index (χ0v) is 14.5. The van der Waals surface area contributed by atoms with Crippen LogP contribution in [0.3, 0.4) is 0 Å². The molecule has 0 aliphatic carbocycles. The molecule has 3 rings (SSSR count). The van der Waals surface area contributed by atoms with Gasteiger partial charge in [0.1, 0.15) is 11.3 Å². The number of benzene rings is 1. The Morgan fingerprint density at radius 3 is 2.92 bits per heavy atom. The first-order valence-corrected chi connectivity index (χ1v) is 8.21. The first kappa shape index (κ1) is 17.2. The van der Waals surface area contributed by atoms with Crippen molar-refractivity contribution in [1.82, 2.24) is 9.55 Å². The third-order valence-corrected chi connectivity index (χ3v) is 4.56. The van der Waals surface area contributed by atoms with E-state index < -0.39 is 11.5 Å². The highest BCUT2D eigenvalue weighted by atomic mass is 35.5. The SMILES string of the molecule is Cc1cccc(Cl)c1NN=C1CCC(C)n2c1ncc(C(=O)O)c2=O. The van der Waals surface area contributed by atoms with Crippen molar-refractivity contribution >= 4 is 29.0 Å². The van der Waals surface area contributed by atoms with Gasteiger partial charge in [-0.15, -0.1) is 0 Å². The maximum Gasteiger partial charge on any atom is 0.342 e. The first-order valence-electron chi connectivity index (χ1n) is 7.83. The van der Waals surface area contributed by atoms with Gasteiger partial charge in [0.25, 0.3) is 5.56 Å². The Kier molecular flexibility index (Phi) is 4.59. The zero-order chi connectivity index (χ0) is 18.1. The third kappa shape index (κ3) is 3.15. The molecule has 0 fully saturated rings. The number of anilines is 1. The van der Waals surface area contributed by atoms with Gasteiger partial charge in [0.2, 0.25) is 0 Å². The normalized spacial score (nSPS) is 18.0. The number of carboxylic acid groups (broad SMARTS) is 1. The van der Waals surface area contributed by atoms with Crippen molar-refractivity contribution in [2.24, 2.45) is 5.10 Å². The molecule has 1 unspecified atom stereocenters. The Hall–Kier alpha value is -2.67. The quantitative estimate of drug-likeness (QED) is 0.820. The van der Waals surface area contributed by atoms with E-state index >= 15 is 0 Å². The topological polar surface area (TPSA) is 96.6 Å². The van der Waals surface area contributed by atoms with E-state index in [1.807, 2.05) is 26.0 Å². The van der Waals surface area contributed by atoms with Crippen LogP contribution in [-0.4, -0.2) is 26.3 Å². The van der Waals surface area contributed by atoms with Gasteiger partial charge in [-0.3, -0.25) is 14.8 Å². The molecular weight excluding hydrogens is 344 g/mol. The molecule has 1 aliphatic heterocycles. The number of aryl methyl sites for hydroxylation is 1. The lowest BCUT2D eigenvalue weighted by molar-refractivity contribution is 0.0693. The number of fused-ring (bicyclic) bond motifs is 1. The summed E-state index contributed by atoms with van der Waals surface area (Å²) in [7, 11) is 0. The molecule has 1 atom stereocenters. The molecule has 2 aromatic rings. The first-order chi connectivity index (χ1) is 11.9. The van der Waals surface area contributed by atoms with Gasteiger partial charge in [-0.2, -0.15) is 5.10 Å². The van der Waals surface area contributed by atoms with E-state index in [0.29, 0.717) is 35.1 Å². The van der Waals surface area contributed by atoms with Crippen LogP contribution in [0.4, 0.5) is 5.69 Å². The lowest BCUT2D eigenvalue weighted by Crippen LogP contribution is -2.37. The number of aromatic nitrogens is 2. The summed E-state index contributed by atoms with van der Waals surface area (Å²) < 4.78 is 1.40. The molecule has 8 heteroatoms. The lowest BCUT2D eigenvalue weighted by Gasteiger charge is -2.25. The van der Waals surface area contributed by atoms with Gasteiger partial charge >= 0.3 is 5.97 Å². The van der Waals surface area contributed by atoms with Crippen LogP contribution in [0.25, 0.3) is 0 Å². The maximum atomic E-state index is 12.4. The average Bonchev–Trinajstić information content (AvgIpc) is 2.56. The number of hydrazone groups is 1. The largest absolute Gasteiger partial charge is 0.477 e. The molecule has 0 saturated heterocycles. The highest BCUT2D eigenvalue weighted by molar-refractivity contribution is 6.33. The number of nitrogens with one attached hydrogen (secondary N) is 1. The molecule has 2 heterocycles. The fourth-order valence-electron chi connectivity index (χ4n) is 2.83. The minimum atomic E-state index is -1.28. The summed E-state index contributed by atoms with van der Waals surface area (Å²) in [5.41, 5.74) is 4.26. The van der Waals surface area contributed by atoms with E-state index in [0.717, 1.165) is 11.8 Å². The van der Waals surface area contributed by atoms with Gasteiger partial charge in [0.05, 0.1) is 10.7 Å². The molecule has 7 nitrogen and oxygen atoms in total. The van der Waals surface area contributed by atoms with Crippen LogP contribution in [-0.2, 0) is 0 Å². The highest BCUT2D eigenvalue weighted by Crippen LogP contribution is 2.26. The Morgan fingerprint density at radius 2 is 2.24 bits per heavy atom. The molecule has 130 valence electrons. The van der Waals surface area contributed by atoms with Gasteiger partial charge in [0.15, 0.2) is 5.82 Å². The monoisotopic (exact) mass is 360 g/mol. The van der Waals surface area contributed by atoms with Crippen molar-refractivity contribution in [3.05, 3.63) is 56.7 Å². The lowest BCUT2D eigenvalue weighted by atomic mass is 10.0. The number of nitrogens with zero attached hydrogens (tertiary/aromatic N) is 3. The number of hydrogen-bond donors (Lipinski definition) is 2. The number of carbonyl (C=O) groups is 1. The smallest absolute Gasteiger partial charge is 0.342 e. The van der Waals surface area contributed by atoms with Crippen molar-refractivity contribution in [2.75, 3.05) is 5.43 Å². The molecule has 0 bridgehead atoms. The third-order valence-electron chi connectivity index (χ3n) is 4.25. The standard InChI is InChI=1S/C17H17ClN4O3/c1-9-4-3-5-12(18)14(9)21-20-13-7-6-10(2)22-15(13)19-8-11(16(22)23)17(24)25/h3-5,8,10,21H,6-7H2,1-2H3,(H,24,25). The predicted octanol–water partition coefficient (Wildman–Crippen LogP) is 3.07. The average molecular weight is 361 g/mol. The van der Waals surface area contributed by atoms with E-state index in [9.17, 15) is 9.59 Å². The molecule has 25 heavy (non-hydrogen) atoms. The van der Waals surface area contributed by atoms with Crippen LogP contribution in [0.5, 0.6) is 0 Å². The highest BCUT2D eigenvalue weighted by Gasteiger charge is 2.26. The molecule has 1 aromatic heterocycles. The van der Waals surface area contributed by atoms with Crippen LogP contribution in [0.15, 0.2) is 34.3 Å². The van der Waals surface area contributed by atoms with Crippen molar-refractivity contribution in [3.63, 3.8) is 0 Å². The minimum absolute atomic E-state index is 0.143. The summed E-state index contributed by atoms with van der Waals surface area (Å²) in [6, 6.07) is 5.38. The van der Waals surface area contributed by atoms with Crippen LogP contribution >= 0.6 is 11.6 Å². The summed E-state index contributed by atoms with van der Waals surface area (Å²) in [6.45, 7) is 3.77. The van der Waals surface area contributed by atoms with Crippen LogP contribution in [0.2, 0.25) is 5.02 Å². The number of hydrogen-bond acceptors (Lipinski definition) is 5. The number of carboxylic acids is 1. The number of para-hydroxylation sites is 1. The number of rotatable bonds is 3. The fourth-order valence-corrected chi connectivity index (χ4v) is 3.09. The molecule has 0 amide bonds. The summed E-state index contributed by atoms with van der Waals surface area (Å²) in [6.07, 6.45) is 2.38. The molecular formula is C17H17ClN4O3. The van der Waals surface area contributed by atoms with Crippen molar-refractivity contribution in [1.29, 1.82) is 0 Å². The van der Waals surface area contributed by atoms with Crippen molar-refractivity contribution in [2.45, 2.75) is 32.7 Å². The van der Waals surface area contributed by atoms with E-state index in [4.69, 9.17) is 16.7 Å². The summed E-state index contributed by atoms with van der Waals surface area (Å²) in [5, 5.41) is 14.0. The van der Waals surface area contributed by atoms with Gasteiger partial charge in [-0.25, -0.2) is 9.78 Å². The van der Waals surface area contributed by atoms with Crippen molar-refractivity contribution in [3.8, 4) is 0 Å². The van der Waals surface area contributed by atoms with Crippen molar-refractivity contribution < 1.29 is 9.90 Å². The molecule has 0 radical (unpaired) electrons. The van der Waals surface area contributed by atoms with Gasteiger partial charge in [-0.1, -0.05) is 23.7 Å². The minimum Gasteiger partial charge on any atom is -0.477 e. The van der Waals surface area contributed by atoms with Gasteiger partial charge in [-0.05, 0) is 38.3 Å². The van der Waals surface area contributed by atoms with E-state index in [2.05, 4.69) is 15.5 Å². The molecule has 1 aromatic carbocycles. The molecule has 2 N–H and O–H groups in total. The fraction of sp³-hybridized carbons (Fsp3) is 0.294. The van der Waals surface area contributed by atoms with E-state index in [1.54, 1.807) is 6.07 Å². The second kappa shape index (κ2) is 6.68. The predicted molar refractivity (Wildman–Crippen MR) is 95.8 cm³/mol. The summed E-state index contributed by atoms with van der Waals surface area (Å²) in [5.74, 6) is -0.903. The molecule has 1 aliphatic rings. The number of aromatic carboxylic acids is 1. The Bertz CT molecular complexity index is 916. The zero-order valence-electron chi connectivity index (χ0n) is 13.8. The second-order valence-electron chi connectivity index (χ2n) is 5.97. The van der Waals surface area contributed by atoms with Crippen LogP contribution < -0.4 is 11.0 Å². The Balaban J connectivity index is 2.04. The number of halogens is 1. The second-order valence-corrected chi connectivity index (χ2v) is 6.37. The van der Waals surface area contributed by atoms with Gasteiger partial charge in [0, 0.05) is 12.2 Å². The molecule has 0 spiro atoms. The maximum absolute atomic E-state index is 12.4.